The average Bonchev–Trinajstić information content (AvgIpc) is 3.13. The van der Waals surface area contributed by atoms with E-state index in [1.807, 2.05) is 13.8 Å². The first-order valence-corrected chi connectivity index (χ1v) is 15.1. The molecule has 1 heterocycles. The van der Waals surface area contributed by atoms with E-state index in [2.05, 4.69) is 13.8 Å². The molecule has 6 atom stereocenters. The molecular formula is C32H50N2O7. The molecule has 2 saturated carbocycles. The molecule has 0 aromatic heterocycles. The van der Waals surface area contributed by atoms with Crippen molar-refractivity contribution in [2.75, 3.05) is 6.54 Å². The van der Waals surface area contributed by atoms with Crippen molar-refractivity contribution in [2.24, 2.45) is 40.7 Å². The maximum atomic E-state index is 14.1. The number of carbonyl (C=O) groups is 5. The summed E-state index contributed by atoms with van der Waals surface area (Å²) in [6.45, 7) is 13.5. The molecule has 3 N–H and O–H groups in total. The van der Waals surface area contributed by atoms with E-state index in [0.717, 1.165) is 24.8 Å². The van der Waals surface area contributed by atoms with Gasteiger partial charge in [-0.05, 0) is 76.7 Å². The lowest BCUT2D eigenvalue weighted by atomic mass is 9.75. The third-order valence-corrected chi connectivity index (χ3v) is 9.25. The zero-order valence-corrected chi connectivity index (χ0v) is 25.9. The quantitative estimate of drug-likeness (QED) is 0.237. The van der Waals surface area contributed by atoms with Gasteiger partial charge in [0.15, 0.2) is 11.6 Å². The van der Waals surface area contributed by atoms with Crippen molar-refractivity contribution in [2.45, 2.75) is 118 Å². The molecule has 0 radical (unpaired) electrons. The van der Waals surface area contributed by atoms with Crippen LogP contribution in [0.1, 0.15) is 99.8 Å². The van der Waals surface area contributed by atoms with Crippen molar-refractivity contribution >= 4 is 29.4 Å². The number of allylic oxidation sites excluding steroid dienone is 2. The summed E-state index contributed by atoms with van der Waals surface area (Å²) in [4.78, 5) is 66.7. The number of hydrogen-bond acceptors (Lipinski definition) is 7. The summed E-state index contributed by atoms with van der Waals surface area (Å²) in [5.41, 5.74) is 5.44. The number of nitrogens with two attached hydrogens (primary N) is 1. The Hall–Kier alpha value is -2.55. The summed E-state index contributed by atoms with van der Waals surface area (Å²) in [5, 5.41) is 10.6. The Labute approximate surface area is 244 Å². The maximum Gasteiger partial charge on any atom is 0.307 e. The van der Waals surface area contributed by atoms with Crippen molar-refractivity contribution in [1.29, 1.82) is 0 Å². The normalized spacial score (nSPS) is 25.3. The Balaban J connectivity index is 1.83. The molecule has 2 amide bonds. The van der Waals surface area contributed by atoms with E-state index >= 15 is 0 Å². The number of amides is 2. The molecule has 3 unspecified atom stereocenters. The number of ketones is 2. The molecule has 1 saturated heterocycles. The van der Waals surface area contributed by atoms with Crippen LogP contribution in [-0.2, 0) is 28.7 Å². The van der Waals surface area contributed by atoms with Crippen LogP contribution in [0.5, 0.6) is 0 Å². The van der Waals surface area contributed by atoms with Crippen molar-refractivity contribution in [3.05, 3.63) is 11.6 Å². The summed E-state index contributed by atoms with van der Waals surface area (Å²) in [6, 6.07) is -0.707. The van der Waals surface area contributed by atoms with Crippen LogP contribution in [0.15, 0.2) is 11.6 Å². The number of aliphatic hydroxyl groups is 1. The zero-order chi connectivity index (χ0) is 30.9. The van der Waals surface area contributed by atoms with Gasteiger partial charge in [-0.25, -0.2) is 0 Å². The molecule has 9 heteroatoms. The highest BCUT2D eigenvalue weighted by Gasteiger charge is 2.69. The van der Waals surface area contributed by atoms with Gasteiger partial charge in [-0.3, -0.25) is 24.0 Å². The van der Waals surface area contributed by atoms with Gasteiger partial charge in [0.1, 0.15) is 11.7 Å². The molecule has 9 nitrogen and oxygen atoms in total. The van der Waals surface area contributed by atoms with Gasteiger partial charge in [-0.1, -0.05) is 38.7 Å². The largest absolute Gasteiger partial charge is 0.460 e. The van der Waals surface area contributed by atoms with Crippen LogP contribution in [0.25, 0.3) is 0 Å². The molecule has 0 aromatic carbocycles. The highest BCUT2D eigenvalue weighted by atomic mass is 16.6. The van der Waals surface area contributed by atoms with Crippen molar-refractivity contribution < 1.29 is 33.8 Å². The predicted molar refractivity (Wildman–Crippen MR) is 154 cm³/mol. The fourth-order valence-electron chi connectivity index (χ4n) is 6.82. The molecule has 3 aliphatic rings. The molecule has 0 aromatic rings. The van der Waals surface area contributed by atoms with E-state index in [1.165, 1.54) is 6.08 Å². The number of aliphatic hydroxyl groups excluding tert-OH is 1. The lowest BCUT2D eigenvalue weighted by molar-refractivity contribution is -0.159. The van der Waals surface area contributed by atoms with E-state index in [-0.39, 0.29) is 60.4 Å². The first-order valence-electron chi connectivity index (χ1n) is 15.1. The number of esters is 1. The third kappa shape index (κ3) is 8.27. The van der Waals surface area contributed by atoms with Gasteiger partial charge in [-0.15, -0.1) is 0 Å². The van der Waals surface area contributed by atoms with Crippen molar-refractivity contribution in [1.82, 2.24) is 4.90 Å². The molecular weight excluding hydrogens is 524 g/mol. The Bertz CT molecular complexity index is 1060. The summed E-state index contributed by atoms with van der Waals surface area (Å²) in [5.74, 6) is -2.95. The molecule has 0 bridgehead atoms. The summed E-state index contributed by atoms with van der Waals surface area (Å²) in [7, 11) is 0. The number of ether oxygens (including phenoxy) is 1. The number of nitrogens with zero attached hydrogens (tertiary/aromatic N) is 1. The van der Waals surface area contributed by atoms with Crippen molar-refractivity contribution in [3.8, 4) is 0 Å². The van der Waals surface area contributed by atoms with Crippen molar-refractivity contribution in [3.63, 3.8) is 0 Å². The van der Waals surface area contributed by atoms with Crippen LogP contribution >= 0.6 is 0 Å². The highest BCUT2D eigenvalue weighted by Crippen LogP contribution is 2.65. The second-order valence-corrected chi connectivity index (χ2v) is 14.4. The van der Waals surface area contributed by atoms with Crippen LogP contribution in [0.4, 0.5) is 0 Å². The van der Waals surface area contributed by atoms with E-state index in [9.17, 15) is 29.1 Å². The monoisotopic (exact) mass is 574 g/mol. The fraction of sp³-hybridized carbons (Fsp3) is 0.781. The van der Waals surface area contributed by atoms with E-state index in [0.29, 0.717) is 18.9 Å². The minimum absolute atomic E-state index is 0.0376. The average molecular weight is 575 g/mol. The molecule has 3 fully saturated rings. The Morgan fingerprint density at radius 1 is 1.10 bits per heavy atom. The highest BCUT2D eigenvalue weighted by molar-refractivity contribution is 5.94. The third-order valence-electron chi connectivity index (χ3n) is 9.25. The Kier molecular flexibility index (Phi) is 10.3. The van der Waals surface area contributed by atoms with Crippen LogP contribution in [0.3, 0.4) is 0 Å². The zero-order valence-electron chi connectivity index (χ0n) is 25.9. The number of hydrogen-bond donors (Lipinski definition) is 2. The van der Waals surface area contributed by atoms with Crippen LogP contribution in [0, 0.1) is 35.0 Å². The van der Waals surface area contributed by atoms with E-state index in [4.69, 9.17) is 10.5 Å². The summed E-state index contributed by atoms with van der Waals surface area (Å²) < 4.78 is 5.50. The predicted octanol–water partition coefficient (Wildman–Crippen LogP) is 3.74. The number of rotatable bonds is 14. The minimum Gasteiger partial charge on any atom is -0.460 e. The van der Waals surface area contributed by atoms with Gasteiger partial charge in [0.05, 0.1) is 12.5 Å². The van der Waals surface area contributed by atoms with Gasteiger partial charge in [0.2, 0.25) is 11.8 Å². The summed E-state index contributed by atoms with van der Waals surface area (Å²) in [6.07, 6.45) is 3.79. The number of carbonyl (C=O) groups excluding carboxylic acids is 5. The van der Waals surface area contributed by atoms with Gasteiger partial charge in [0.25, 0.3) is 0 Å². The number of piperidine rings is 1. The lowest BCUT2D eigenvalue weighted by Gasteiger charge is -2.35. The first kappa shape index (κ1) is 33.0. The molecule has 1 aliphatic heterocycles. The Morgan fingerprint density at radius 2 is 1.73 bits per heavy atom. The van der Waals surface area contributed by atoms with E-state index < -0.39 is 41.5 Å². The number of likely N-dealkylation sites (tertiary alicyclic amines) is 1. The maximum absolute atomic E-state index is 14.1. The van der Waals surface area contributed by atoms with E-state index in [1.54, 1.807) is 25.7 Å². The molecule has 3 rings (SSSR count). The second kappa shape index (κ2) is 12.8. The lowest BCUT2D eigenvalue weighted by Crippen LogP contribution is -2.49. The first-order chi connectivity index (χ1) is 18.9. The molecule has 2 aliphatic carbocycles. The van der Waals surface area contributed by atoms with Crippen LogP contribution in [0.2, 0.25) is 0 Å². The Morgan fingerprint density at radius 3 is 2.24 bits per heavy atom. The van der Waals surface area contributed by atoms with Crippen LogP contribution < -0.4 is 5.73 Å². The van der Waals surface area contributed by atoms with Gasteiger partial charge < -0.3 is 20.5 Å². The topological polar surface area (TPSA) is 144 Å². The summed E-state index contributed by atoms with van der Waals surface area (Å²) >= 11 is 0. The molecule has 230 valence electrons. The number of primary amides is 1. The van der Waals surface area contributed by atoms with Gasteiger partial charge in [-0.2, -0.15) is 0 Å². The molecule has 41 heavy (non-hydrogen) atoms. The van der Waals surface area contributed by atoms with Crippen LogP contribution in [-0.4, -0.2) is 63.6 Å². The minimum atomic E-state index is -1.42. The SMILES string of the molecule is CC(C)=CC(=O)CC[C@H](CC(=O)OC(C)(C)C)C(=O)N1C[C@H]2C([C@H]1C(=O)CC(CC1CCC1)C(O)C(N)=O)C2(C)C. The number of Topliss-reactive ketones (excluding diaryl/α,β-unsaturated/α-hetero) is 1. The smallest absolute Gasteiger partial charge is 0.307 e. The standard InChI is InChI=1S/C32H50N2O7/c1-18(2)13-22(35)12-11-20(16-25(37)41-31(3,4)5)30(40)34-17-23-26(32(23,6)7)27(34)24(36)15-21(28(38)29(33)39)14-19-9-8-10-19/h13,19-21,23,26-28,38H,8-12,14-17H2,1-7H3,(H2,33,39)/t20-,21?,23+,26?,27-,28?/m1/s1. The fourth-order valence-corrected chi connectivity index (χ4v) is 6.82. The number of fused-ring (bicyclic) bond motifs is 1. The van der Waals surface area contributed by atoms with Gasteiger partial charge >= 0.3 is 5.97 Å². The molecule has 0 spiro atoms. The second-order valence-electron chi connectivity index (χ2n) is 14.4. The van der Waals surface area contributed by atoms with Gasteiger partial charge in [0, 0.05) is 31.2 Å².